The summed E-state index contributed by atoms with van der Waals surface area (Å²) in [6, 6.07) is 8.35. The van der Waals surface area contributed by atoms with Gasteiger partial charge in [0.05, 0.1) is 18.8 Å². The smallest absolute Gasteiger partial charge is 0.414 e. The Morgan fingerprint density at radius 3 is 3.12 bits per heavy atom. The number of amides is 1. The van der Waals surface area contributed by atoms with Crippen LogP contribution < -0.4 is 10.2 Å². The predicted molar refractivity (Wildman–Crippen MR) is 65.3 cm³/mol. The van der Waals surface area contributed by atoms with Gasteiger partial charge in [-0.25, -0.2) is 4.79 Å². The SMILES string of the molecule is COC(=O)N1c2ccccc2C2CCNCC21. The molecule has 3 rings (SSSR count). The first-order valence-corrected chi connectivity index (χ1v) is 5.99. The molecule has 1 aromatic carbocycles. The standard InChI is InChI=1S/C13H16N2O2/c1-17-13(16)15-11-5-3-2-4-9(11)10-6-7-14-8-12(10)15/h2-5,10,12,14H,6-8H2,1H3. The van der Waals surface area contributed by atoms with E-state index < -0.39 is 0 Å². The summed E-state index contributed by atoms with van der Waals surface area (Å²) in [5.41, 5.74) is 2.29. The molecule has 90 valence electrons. The summed E-state index contributed by atoms with van der Waals surface area (Å²) in [6.07, 6.45) is 0.823. The number of hydrogen-bond acceptors (Lipinski definition) is 3. The first-order valence-electron chi connectivity index (χ1n) is 5.99. The molecule has 4 heteroatoms. The minimum Gasteiger partial charge on any atom is -0.452 e. The number of nitrogens with one attached hydrogen (secondary N) is 1. The molecule has 1 fully saturated rings. The lowest BCUT2D eigenvalue weighted by molar-refractivity contribution is 0.174. The molecular formula is C13H16N2O2. The molecule has 2 aliphatic rings. The molecule has 2 atom stereocenters. The zero-order valence-electron chi connectivity index (χ0n) is 9.85. The van der Waals surface area contributed by atoms with Gasteiger partial charge in [-0.05, 0) is 24.6 Å². The van der Waals surface area contributed by atoms with Crippen molar-refractivity contribution >= 4 is 11.8 Å². The van der Waals surface area contributed by atoms with Crippen molar-refractivity contribution in [1.29, 1.82) is 0 Å². The molecule has 1 amide bonds. The average Bonchev–Trinajstić information content (AvgIpc) is 2.72. The normalized spacial score (nSPS) is 26.3. The van der Waals surface area contributed by atoms with Crippen LogP contribution in [0.1, 0.15) is 17.9 Å². The second kappa shape index (κ2) is 4.04. The number of methoxy groups -OCH3 is 1. The predicted octanol–water partition coefficient (Wildman–Crippen LogP) is 1.72. The van der Waals surface area contributed by atoms with E-state index in [2.05, 4.69) is 11.4 Å². The Morgan fingerprint density at radius 2 is 2.29 bits per heavy atom. The van der Waals surface area contributed by atoms with E-state index >= 15 is 0 Å². The number of carbonyl (C=O) groups excluding carboxylic acids is 1. The van der Waals surface area contributed by atoms with Crippen LogP contribution in [0.25, 0.3) is 0 Å². The summed E-state index contributed by atoms with van der Waals surface area (Å²) in [7, 11) is 1.44. The number of piperidine rings is 1. The minimum atomic E-state index is -0.256. The topological polar surface area (TPSA) is 41.6 Å². The second-order valence-corrected chi connectivity index (χ2v) is 4.57. The molecule has 1 N–H and O–H groups in total. The molecule has 4 nitrogen and oxygen atoms in total. The average molecular weight is 232 g/mol. The highest BCUT2D eigenvalue weighted by Gasteiger charge is 2.42. The van der Waals surface area contributed by atoms with Gasteiger partial charge in [0.25, 0.3) is 0 Å². The molecule has 0 saturated carbocycles. The summed E-state index contributed by atoms with van der Waals surface area (Å²) in [5, 5.41) is 3.35. The first kappa shape index (κ1) is 10.6. The van der Waals surface area contributed by atoms with E-state index in [-0.39, 0.29) is 12.1 Å². The maximum absolute atomic E-state index is 11.9. The molecule has 0 spiro atoms. The fourth-order valence-corrected chi connectivity index (χ4v) is 3.01. The second-order valence-electron chi connectivity index (χ2n) is 4.57. The van der Waals surface area contributed by atoms with Gasteiger partial charge in [0.1, 0.15) is 0 Å². The summed E-state index contributed by atoms with van der Waals surface area (Å²) >= 11 is 0. The van der Waals surface area contributed by atoms with Crippen LogP contribution >= 0.6 is 0 Å². The molecule has 0 radical (unpaired) electrons. The lowest BCUT2D eigenvalue weighted by Crippen LogP contribution is -2.48. The molecule has 2 unspecified atom stereocenters. The molecule has 0 bridgehead atoms. The van der Waals surface area contributed by atoms with Crippen LogP contribution in [0.3, 0.4) is 0 Å². The van der Waals surface area contributed by atoms with Crippen LogP contribution in [0.5, 0.6) is 0 Å². The van der Waals surface area contributed by atoms with Crippen LogP contribution in [0, 0.1) is 0 Å². The zero-order chi connectivity index (χ0) is 11.8. The highest BCUT2D eigenvalue weighted by Crippen LogP contribution is 2.43. The molecule has 2 aliphatic heterocycles. The summed E-state index contributed by atoms with van der Waals surface area (Å²) in [6.45, 7) is 1.86. The van der Waals surface area contributed by atoms with Gasteiger partial charge in [-0.3, -0.25) is 4.90 Å². The lowest BCUT2D eigenvalue weighted by atomic mass is 9.89. The van der Waals surface area contributed by atoms with Crippen LogP contribution in [0.2, 0.25) is 0 Å². The van der Waals surface area contributed by atoms with Crippen molar-refractivity contribution in [1.82, 2.24) is 5.32 Å². The van der Waals surface area contributed by atoms with Gasteiger partial charge in [-0.2, -0.15) is 0 Å². The highest BCUT2D eigenvalue weighted by molar-refractivity contribution is 5.92. The Labute approximate surface area is 101 Å². The van der Waals surface area contributed by atoms with Gasteiger partial charge in [-0.15, -0.1) is 0 Å². The largest absolute Gasteiger partial charge is 0.452 e. The lowest BCUT2D eigenvalue weighted by Gasteiger charge is -2.31. The summed E-state index contributed by atoms with van der Waals surface area (Å²) < 4.78 is 4.90. The van der Waals surface area contributed by atoms with Crippen molar-refractivity contribution in [2.24, 2.45) is 0 Å². The van der Waals surface area contributed by atoms with Crippen molar-refractivity contribution in [3.8, 4) is 0 Å². The maximum atomic E-state index is 11.9. The van der Waals surface area contributed by atoms with E-state index in [0.29, 0.717) is 5.92 Å². The number of benzene rings is 1. The number of anilines is 1. The van der Waals surface area contributed by atoms with Gasteiger partial charge >= 0.3 is 6.09 Å². The van der Waals surface area contributed by atoms with Gasteiger partial charge < -0.3 is 10.1 Å². The van der Waals surface area contributed by atoms with Crippen molar-refractivity contribution in [2.45, 2.75) is 18.4 Å². The molecule has 1 aromatic rings. The van der Waals surface area contributed by atoms with Crippen molar-refractivity contribution in [3.05, 3.63) is 29.8 Å². The molecule has 2 heterocycles. The Morgan fingerprint density at radius 1 is 1.47 bits per heavy atom. The number of nitrogens with zero attached hydrogens (tertiary/aromatic N) is 1. The van der Waals surface area contributed by atoms with Crippen molar-refractivity contribution in [3.63, 3.8) is 0 Å². The minimum absolute atomic E-state index is 0.202. The third-order valence-corrected chi connectivity index (χ3v) is 3.75. The maximum Gasteiger partial charge on any atom is 0.414 e. The van der Waals surface area contributed by atoms with Gasteiger partial charge in [0, 0.05) is 12.5 Å². The fraction of sp³-hybridized carbons (Fsp3) is 0.462. The molecule has 17 heavy (non-hydrogen) atoms. The highest BCUT2D eigenvalue weighted by atomic mass is 16.5. The van der Waals surface area contributed by atoms with E-state index in [9.17, 15) is 4.79 Å². The van der Waals surface area contributed by atoms with E-state index in [1.165, 1.54) is 12.7 Å². The number of hydrogen-bond donors (Lipinski definition) is 1. The Bertz CT molecular complexity index is 447. The molecule has 0 aliphatic carbocycles. The first-order chi connectivity index (χ1) is 8.33. The monoisotopic (exact) mass is 232 g/mol. The number of para-hydroxylation sites is 1. The van der Waals surface area contributed by atoms with E-state index in [0.717, 1.165) is 25.2 Å². The Hall–Kier alpha value is -1.55. The molecular weight excluding hydrogens is 216 g/mol. The van der Waals surface area contributed by atoms with Gasteiger partial charge in [0.2, 0.25) is 0 Å². The van der Waals surface area contributed by atoms with Crippen molar-refractivity contribution in [2.75, 3.05) is 25.1 Å². The number of carbonyl (C=O) groups is 1. The van der Waals surface area contributed by atoms with Crippen LogP contribution in [0.15, 0.2) is 24.3 Å². The zero-order valence-corrected chi connectivity index (χ0v) is 9.85. The molecule has 1 saturated heterocycles. The summed E-state index contributed by atoms with van der Waals surface area (Å²) in [4.78, 5) is 13.7. The van der Waals surface area contributed by atoms with Gasteiger partial charge in [-0.1, -0.05) is 18.2 Å². The van der Waals surface area contributed by atoms with E-state index in [1.807, 2.05) is 18.2 Å². The van der Waals surface area contributed by atoms with Gasteiger partial charge in [0.15, 0.2) is 0 Å². The van der Waals surface area contributed by atoms with Crippen molar-refractivity contribution < 1.29 is 9.53 Å². The third kappa shape index (κ3) is 1.52. The fourth-order valence-electron chi connectivity index (χ4n) is 3.01. The number of ether oxygens (including phenoxy) is 1. The van der Waals surface area contributed by atoms with Crippen LogP contribution in [-0.4, -0.2) is 32.3 Å². The third-order valence-electron chi connectivity index (χ3n) is 3.75. The summed E-state index contributed by atoms with van der Waals surface area (Å²) in [5.74, 6) is 0.451. The number of fused-ring (bicyclic) bond motifs is 3. The van der Waals surface area contributed by atoms with Crippen LogP contribution in [-0.2, 0) is 4.74 Å². The number of rotatable bonds is 0. The van der Waals surface area contributed by atoms with E-state index in [4.69, 9.17) is 4.74 Å². The quantitative estimate of drug-likeness (QED) is 0.740. The van der Waals surface area contributed by atoms with E-state index in [1.54, 1.807) is 4.90 Å². The Balaban J connectivity index is 2.05. The van der Waals surface area contributed by atoms with Crippen LogP contribution in [0.4, 0.5) is 10.5 Å². The molecule has 0 aromatic heterocycles. The Kier molecular flexibility index (Phi) is 2.52.